The molecular weight excluding hydrogens is 296 g/mol. The number of amides is 1. The maximum absolute atomic E-state index is 12.2. The monoisotopic (exact) mass is 314 g/mol. The molecule has 4 N–H and O–H groups in total. The summed E-state index contributed by atoms with van der Waals surface area (Å²) in [6.45, 7) is 0. The predicted molar refractivity (Wildman–Crippen MR) is 84.1 cm³/mol. The van der Waals surface area contributed by atoms with E-state index in [9.17, 15) is 4.79 Å². The van der Waals surface area contributed by atoms with Crippen molar-refractivity contribution in [3.8, 4) is 0 Å². The number of hydrogen-bond acceptors (Lipinski definition) is 5. The van der Waals surface area contributed by atoms with Crippen molar-refractivity contribution in [1.29, 1.82) is 0 Å². The van der Waals surface area contributed by atoms with Gasteiger partial charge in [0.05, 0.1) is 0 Å². The number of anilines is 1. The number of nitrogens with two attached hydrogens (primary N) is 1. The number of nitrogens with one attached hydrogen (secondary N) is 2. The molecule has 0 unspecified atom stereocenters. The van der Waals surface area contributed by atoms with Gasteiger partial charge in [0.2, 0.25) is 0 Å². The number of halogens is 1. The van der Waals surface area contributed by atoms with E-state index in [1.54, 1.807) is 12.1 Å². The van der Waals surface area contributed by atoms with Crippen molar-refractivity contribution in [3.05, 3.63) is 22.8 Å². The lowest BCUT2D eigenvalue weighted by Crippen LogP contribution is -2.38. The Balaban J connectivity index is 1.97. The fourth-order valence-electron chi connectivity index (χ4n) is 2.41. The standard InChI is InChI=1S/C13H19ClN4OS/c1-20-10-4-2-9(3-5-10)16-13(19)8-6-11(14)17-12(7-8)18-15/h6-7,9-10H,2-5,15H2,1H3,(H,16,19)(H,17,18). The number of thioether (sulfide) groups is 1. The molecule has 110 valence electrons. The number of nitrogen functional groups attached to an aromatic ring is 1. The van der Waals surface area contributed by atoms with E-state index in [1.807, 2.05) is 11.8 Å². The van der Waals surface area contributed by atoms with E-state index < -0.39 is 0 Å². The van der Waals surface area contributed by atoms with Crippen LogP contribution in [0.25, 0.3) is 0 Å². The first-order valence-electron chi connectivity index (χ1n) is 6.60. The first kappa shape index (κ1) is 15.4. The zero-order valence-electron chi connectivity index (χ0n) is 11.4. The molecule has 0 saturated heterocycles. The van der Waals surface area contributed by atoms with Crippen LogP contribution in [0.15, 0.2) is 12.1 Å². The van der Waals surface area contributed by atoms with Gasteiger partial charge >= 0.3 is 0 Å². The number of hydrazine groups is 1. The molecule has 0 spiro atoms. The van der Waals surface area contributed by atoms with Gasteiger partial charge in [-0.1, -0.05) is 11.6 Å². The van der Waals surface area contributed by atoms with E-state index in [-0.39, 0.29) is 17.1 Å². The summed E-state index contributed by atoms with van der Waals surface area (Å²) in [5, 5.41) is 4.03. The molecule has 1 fully saturated rings. The third-order valence-corrected chi connectivity index (χ3v) is 4.88. The molecule has 0 bridgehead atoms. The Morgan fingerprint density at radius 1 is 1.40 bits per heavy atom. The molecule has 2 rings (SSSR count). The molecule has 20 heavy (non-hydrogen) atoms. The predicted octanol–water partition coefficient (Wildman–Crippen LogP) is 2.42. The topological polar surface area (TPSA) is 80.0 Å². The minimum absolute atomic E-state index is 0.126. The molecular formula is C13H19ClN4OS. The highest BCUT2D eigenvalue weighted by molar-refractivity contribution is 7.99. The van der Waals surface area contributed by atoms with Crippen molar-refractivity contribution >= 4 is 35.1 Å². The maximum atomic E-state index is 12.2. The summed E-state index contributed by atoms with van der Waals surface area (Å²) < 4.78 is 0. The van der Waals surface area contributed by atoms with Crippen LogP contribution in [0.4, 0.5) is 5.82 Å². The highest BCUT2D eigenvalue weighted by Crippen LogP contribution is 2.27. The van der Waals surface area contributed by atoms with Crippen LogP contribution in [-0.4, -0.2) is 28.4 Å². The summed E-state index contributed by atoms with van der Waals surface area (Å²) in [6, 6.07) is 3.38. The minimum Gasteiger partial charge on any atom is -0.349 e. The number of rotatable bonds is 4. The summed E-state index contributed by atoms with van der Waals surface area (Å²) in [5.41, 5.74) is 2.88. The molecule has 5 nitrogen and oxygen atoms in total. The second-order valence-corrected chi connectivity index (χ2v) is 6.42. The normalized spacial score (nSPS) is 22.4. The molecule has 0 atom stereocenters. The molecule has 1 aromatic rings. The highest BCUT2D eigenvalue weighted by atomic mass is 35.5. The van der Waals surface area contributed by atoms with E-state index in [4.69, 9.17) is 17.4 Å². The van der Waals surface area contributed by atoms with Crippen LogP contribution in [0.5, 0.6) is 0 Å². The number of nitrogens with zero attached hydrogens (tertiary/aromatic N) is 1. The summed E-state index contributed by atoms with van der Waals surface area (Å²) in [7, 11) is 0. The van der Waals surface area contributed by atoms with Crippen molar-refractivity contribution in [3.63, 3.8) is 0 Å². The van der Waals surface area contributed by atoms with Crippen LogP contribution in [0.3, 0.4) is 0 Å². The summed E-state index contributed by atoms with van der Waals surface area (Å²) in [6.07, 6.45) is 6.50. The molecule has 1 aliphatic carbocycles. The van der Waals surface area contributed by atoms with Crippen LogP contribution in [0.1, 0.15) is 36.0 Å². The number of carbonyl (C=O) groups is 1. The van der Waals surface area contributed by atoms with Gasteiger partial charge in [-0.3, -0.25) is 4.79 Å². The smallest absolute Gasteiger partial charge is 0.251 e. The molecule has 1 amide bonds. The third kappa shape index (κ3) is 4.01. The Labute approximate surface area is 128 Å². The lowest BCUT2D eigenvalue weighted by Gasteiger charge is -2.28. The maximum Gasteiger partial charge on any atom is 0.251 e. The number of pyridine rings is 1. The van der Waals surface area contributed by atoms with Gasteiger partial charge < -0.3 is 10.7 Å². The summed E-state index contributed by atoms with van der Waals surface area (Å²) >= 11 is 7.77. The van der Waals surface area contributed by atoms with Gasteiger partial charge in [0.1, 0.15) is 11.0 Å². The largest absolute Gasteiger partial charge is 0.349 e. The number of aromatic nitrogens is 1. The van der Waals surface area contributed by atoms with E-state index in [1.165, 1.54) is 0 Å². The Morgan fingerprint density at radius 2 is 2.10 bits per heavy atom. The first-order valence-corrected chi connectivity index (χ1v) is 8.27. The first-order chi connectivity index (χ1) is 9.62. The average molecular weight is 315 g/mol. The Morgan fingerprint density at radius 3 is 2.70 bits per heavy atom. The average Bonchev–Trinajstić information content (AvgIpc) is 2.47. The molecule has 1 aromatic heterocycles. The lowest BCUT2D eigenvalue weighted by atomic mass is 9.95. The van der Waals surface area contributed by atoms with Crippen molar-refractivity contribution in [1.82, 2.24) is 10.3 Å². The van der Waals surface area contributed by atoms with Gasteiger partial charge in [-0.2, -0.15) is 11.8 Å². The highest BCUT2D eigenvalue weighted by Gasteiger charge is 2.22. The van der Waals surface area contributed by atoms with E-state index >= 15 is 0 Å². The van der Waals surface area contributed by atoms with E-state index in [0.29, 0.717) is 11.4 Å². The van der Waals surface area contributed by atoms with Gasteiger partial charge in [-0.05, 0) is 44.1 Å². The zero-order valence-corrected chi connectivity index (χ0v) is 12.9. The van der Waals surface area contributed by atoms with Crippen LogP contribution in [-0.2, 0) is 0 Å². The van der Waals surface area contributed by atoms with Crippen molar-refractivity contribution in [2.45, 2.75) is 37.0 Å². The number of hydrogen-bond donors (Lipinski definition) is 3. The molecule has 7 heteroatoms. The fourth-order valence-corrected chi connectivity index (χ4v) is 3.37. The lowest BCUT2D eigenvalue weighted by molar-refractivity contribution is 0.0928. The summed E-state index contributed by atoms with van der Waals surface area (Å²) in [4.78, 5) is 16.2. The van der Waals surface area contributed by atoms with Crippen LogP contribution < -0.4 is 16.6 Å². The Kier molecular flexibility index (Phi) is 5.51. The van der Waals surface area contributed by atoms with Crippen LogP contribution in [0.2, 0.25) is 5.15 Å². The quantitative estimate of drug-likeness (QED) is 0.452. The minimum atomic E-state index is -0.126. The fraction of sp³-hybridized carbons (Fsp3) is 0.538. The van der Waals surface area contributed by atoms with Gasteiger partial charge in [-0.25, -0.2) is 10.8 Å². The van der Waals surface area contributed by atoms with Gasteiger partial charge in [0.25, 0.3) is 5.91 Å². The summed E-state index contributed by atoms with van der Waals surface area (Å²) in [5.74, 6) is 5.55. The zero-order chi connectivity index (χ0) is 14.5. The van der Waals surface area contributed by atoms with Gasteiger partial charge in [0.15, 0.2) is 0 Å². The molecule has 0 aliphatic heterocycles. The van der Waals surface area contributed by atoms with E-state index in [0.717, 1.165) is 30.9 Å². The molecule has 0 aromatic carbocycles. The Bertz CT molecular complexity index is 477. The van der Waals surface area contributed by atoms with Crippen molar-refractivity contribution < 1.29 is 4.79 Å². The van der Waals surface area contributed by atoms with Crippen LogP contribution in [0, 0.1) is 0 Å². The molecule has 0 radical (unpaired) electrons. The molecule has 1 saturated carbocycles. The van der Waals surface area contributed by atoms with E-state index in [2.05, 4.69) is 22.0 Å². The van der Waals surface area contributed by atoms with Crippen LogP contribution >= 0.6 is 23.4 Å². The molecule has 1 aliphatic rings. The second kappa shape index (κ2) is 7.15. The van der Waals surface area contributed by atoms with Gasteiger partial charge in [0, 0.05) is 16.9 Å². The SMILES string of the molecule is CSC1CCC(NC(=O)c2cc(Cl)nc(NN)c2)CC1. The molecule has 1 heterocycles. The Hall–Kier alpha value is -0.980. The number of carbonyl (C=O) groups excluding carboxylic acids is 1. The van der Waals surface area contributed by atoms with Crippen molar-refractivity contribution in [2.24, 2.45) is 5.84 Å². The second-order valence-electron chi connectivity index (χ2n) is 4.89. The van der Waals surface area contributed by atoms with Crippen molar-refractivity contribution in [2.75, 3.05) is 11.7 Å². The van der Waals surface area contributed by atoms with Gasteiger partial charge in [-0.15, -0.1) is 0 Å². The third-order valence-electron chi connectivity index (χ3n) is 3.55.